The Labute approximate surface area is 111 Å². The van der Waals surface area contributed by atoms with Gasteiger partial charge in [-0.1, -0.05) is 12.1 Å². The van der Waals surface area contributed by atoms with Crippen molar-refractivity contribution in [1.82, 2.24) is 0 Å². The molecule has 3 nitrogen and oxygen atoms in total. The van der Waals surface area contributed by atoms with Gasteiger partial charge in [0, 0.05) is 17.5 Å². The predicted molar refractivity (Wildman–Crippen MR) is 72.7 cm³/mol. The first kappa shape index (κ1) is 11.8. The topological polar surface area (TPSA) is 46.5 Å². The van der Waals surface area contributed by atoms with Crippen LogP contribution in [0.1, 0.15) is 22.8 Å². The minimum absolute atomic E-state index is 0.132. The molecule has 0 saturated carbocycles. The van der Waals surface area contributed by atoms with Gasteiger partial charge < -0.3 is 9.84 Å². The lowest BCUT2D eigenvalue weighted by Gasteiger charge is -2.10. The van der Waals surface area contributed by atoms with Gasteiger partial charge in [0.1, 0.15) is 23.9 Å². The standard InChI is InChI=1S/C16H14O3/c1-10-6-13-7-11(9-17)8-15(16(13)19-10)12-2-4-14(18)5-3-12/h2-5,7-10,18H,6H2,1H3. The Morgan fingerprint density at radius 2 is 2.00 bits per heavy atom. The van der Waals surface area contributed by atoms with Gasteiger partial charge in [-0.2, -0.15) is 0 Å². The lowest BCUT2D eigenvalue weighted by molar-refractivity contribution is 0.112. The molecule has 1 aliphatic rings. The Morgan fingerprint density at radius 3 is 2.68 bits per heavy atom. The number of rotatable bonds is 2. The van der Waals surface area contributed by atoms with Crippen molar-refractivity contribution >= 4 is 6.29 Å². The van der Waals surface area contributed by atoms with Crippen LogP contribution >= 0.6 is 0 Å². The molecule has 3 heteroatoms. The summed E-state index contributed by atoms with van der Waals surface area (Å²) in [6, 6.07) is 10.6. The number of carbonyl (C=O) groups is 1. The molecule has 1 atom stereocenters. The Morgan fingerprint density at radius 1 is 1.26 bits per heavy atom. The zero-order valence-electron chi connectivity index (χ0n) is 10.6. The average Bonchev–Trinajstić information content (AvgIpc) is 2.78. The summed E-state index contributed by atoms with van der Waals surface area (Å²) in [6.07, 6.45) is 1.81. The smallest absolute Gasteiger partial charge is 0.150 e. The fourth-order valence-electron chi connectivity index (χ4n) is 2.48. The van der Waals surface area contributed by atoms with Crippen molar-refractivity contribution < 1.29 is 14.6 Å². The van der Waals surface area contributed by atoms with Gasteiger partial charge in [0.05, 0.1) is 0 Å². The normalized spacial score (nSPS) is 16.8. The molecule has 2 aromatic rings. The van der Waals surface area contributed by atoms with E-state index >= 15 is 0 Å². The van der Waals surface area contributed by atoms with Gasteiger partial charge in [-0.15, -0.1) is 0 Å². The predicted octanol–water partition coefficient (Wildman–Crippen LogP) is 3.20. The Bertz CT molecular complexity index is 629. The summed E-state index contributed by atoms with van der Waals surface area (Å²) in [5.74, 6) is 1.07. The van der Waals surface area contributed by atoms with Crippen molar-refractivity contribution in [2.75, 3.05) is 0 Å². The Hall–Kier alpha value is -2.29. The first-order chi connectivity index (χ1) is 9.17. The van der Waals surface area contributed by atoms with E-state index in [0.29, 0.717) is 5.56 Å². The van der Waals surface area contributed by atoms with Crippen LogP contribution in [0.2, 0.25) is 0 Å². The number of phenolic OH excluding ortho intramolecular Hbond substituents is 1. The summed E-state index contributed by atoms with van der Waals surface area (Å²) < 4.78 is 5.84. The van der Waals surface area contributed by atoms with Crippen molar-refractivity contribution in [1.29, 1.82) is 0 Å². The molecule has 0 radical (unpaired) electrons. The van der Waals surface area contributed by atoms with Crippen LogP contribution in [0.25, 0.3) is 11.1 Å². The van der Waals surface area contributed by atoms with Crippen LogP contribution in [0.5, 0.6) is 11.5 Å². The Kier molecular flexibility index (Phi) is 2.75. The maximum absolute atomic E-state index is 11.0. The first-order valence-corrected chi connectivity index (χ1v) is 6.25. The van der Waals surface area contributed by atoms with Gasteiger partial charge in [-0.05, 0) is 42.3 Å². The molecule has 1 aliphatic heterocycles. The molecule has 1 N–H and O–H groups in total. The summed E-state index contributed by atoms with van der Waals surface area (Å²) in [4.78, 5) is 11.0. The van der Waals surface area contributed by atoms with Crippen LogP contribution in [-0.4, -0.2) is 17.5 Å². The number of hydrogen-bond acceptors (Lipinski definition) is 3. The number of aromatic hydroxyl groups is 1. The third kappa shape index (κ3) is 2.08. The molecule has 0 spiro atoms. The monoisotopic (exact) mass is 254 g/mol. The molecule has 19 heavy (non-hydrogen) atoms. The zero-order chi connectivity index (χ0) is 13.4. The van der Waals surface area contributed by atoms with Crippen LogP contribution in [0.3, 0.4) is 0 Å². The van der Waals surface area contributed by atoms with E-state index in [1.807, 2.05) is 31.2 Å². The minimum atomic E-state index is 0.132. The second-order valence-corrected chi connectivity index (χ2v) is 4.85. The molecule has 0 aliphatic carbocycles. The summed E-state index contributed by atoms with van der Waals surface area (Å²) in [7, 11) is 0. The molecule has 0 bridgehead atoms. The largest absolute Gasteiger partial charge is 0.508 e. The number of phenols is 1. The SMILES string of the molecule is CC1Cc2cc(C=O)cc(-c3ccc(O)cc3)c2O1. The van der Waals surface area contributed by atoms with Crippen molar-refractivity contribution in [2.24, 2.45) is 0 Å². The van der Waals surface area contributed by atoms with Gasteiger partial charge in [-0.3, -0.25) is 4.79 Å². The maximum Gasteiger partial charge on any atom is 0.150 e. The third-order valence-corrected chi connectivity index (χ3v) is 3.33. The van der Waals surface area contributed by atoms with E-state index in [2.05, 4.69) is 0 Å². The molecule has 3 rings (SSSR count). The summed E-state index contributed by atoms with van der Waals surface area (Å²) >= 11 is 0. The van der Waals surface area contributed by atoms with E-state index in [-0.39, 0.29) is 11.9 Å². The fraction of sp³-hybridized carbons (Fsp3) is 0.188. The van der Waals surface area contributed by atoms with Crippen LogP contribution in [0.4, 0.5) is 0 Å². The molecule has 0 fully saturated rings. The van der Waals surface area contributed by atoms with E-state index in [4.69, 9.17) is 4.74 Å². The fourth-order valence-corrected chi connectivity index (χ4v) is 2.48. The van der Waals surface area contributed by atoms with E-state index in [1.54, 1.807) is 12.1 Å². The summed E-state index contributed by atoms with van der Waals surface area (Å²) in [6.45, 7) is 2.02. The molecule has 1 heterocycles. The highest BCUT2D eigenvalue weighted by molar-refractivity contribution is 5.83. The number of fused-ring (bicyclic) bond motifs is 1. The van der Waals surface area contributed by atoms with Gasteiger partial charge >= 0.3 is 0 Å². The molecule has 1 unspecified atom stereocenters. The molecule has 0 amide bonds. The van der Waals surface area contributed by atoms with Gasteiger partial charge in [0.25, 0.3) is 0 Å². The van der Waals surface area contributed by atoms with Crippen LogP contribution in [0.15, 0.2) is 36.4 Å². The third-order valence-electron chi connectivity index (χ3n) is 3.33. The number of hydrogen-bond donors (Lipinski definition) is 1. The van der Waals surface area contributed by atoms with Crippen LogP contribution < -0.4 is 4.74 Å². The molecule has 2 aromatic carbocycles. The van der Waals surface area contributed by atoms with E-state index in [1.165, 1.54) is 0 Å². The van der Waals surface area contributed by atoms with Gasteiger partial charge in [0.2, 0.25) is 0 Å². The molecular weight excluding hydrogens is 240 g/mol. The number of ether oxygens (including phenoxy) is 1. The van der Waals surface area contributed by atoms with Crippen molar-refractivity contribution in [3.05, 3.63) is 47.5 Å². The molecule has 0 saturated heterocycles. The number of carbonyl (C=O) groups excluding carboxylic acids is 1. The molecule has 0 aromatic heterocycles. The first-order valence-electron chi connectivity index (χ1n) is 6.25. The number of aldehydes is 1. The van der Waals surface area contributed by atoms with Crippen LogP contribution in [0, 0.1) is 0 Å². The summed E-state index contributed by atoms with van der Waals surface area (Å²) in [5, 5.41) is 9.35. The highest BCUT2D eigenvalue weighted by Crippen LogP contribution is 2.39. The van der Waals surface area contributed by atoms with Gasteiger partial charge in [-0.25, -0.2) is 0 Å². The average molecular weight is 254 g/mol. The quantitative estimate of drug-likeness (QED) is 0.837. The van der Waals surface area contributed by atoms with Crippen molar-refractivity contribution in [3.8, 4) is 22.6 Å². The molecule has 96 valence electrons. The second kappa shape index (κ2) is 4.43. The van der Waals surface area contributed by atoms with Crippen LogP contribution in [-0.2, 0) is 6.42 Å². The minimum Gasteiger partial charge on any atom is -0.508 e. The lowest BCUT2D eigenvalue weighted by atomic mass is 9.98. The van der Waals surface area contributed by atoms with Crippen molar-refractivity contribution in [3.63, 3.8) is 0 Å². The van der Waals surface area contributed by atoms with E-state index in [9.17, 15) is 9.90 Å². The second-order valence-electron chi connectivity index (χ2n) is 4.85. The highest BCUT2D eigenvalue weighted by atomic mass is 16.5. The number of benzene rings is 2. The lowest BCUT2D eigenvalue weighted by Crippen LogP contribution is -2.05. The zero-order valence-corrected chi connectivity index (χ0v) is 10.6. The summed E-state index contributed by atoms with van der Waals surface area (Å²) in [5.41, 5.74) is 3.57. The van der Waals surface area contributed by atoms with Gasteiger partial charge in [0.15, 0.2) is 0 Å². The van der Waals surface area contributed by atoms with E-state index < -0.39 is 0 Å². The maximum atomic E-state index is 11.0. The van der Waals surface area contributed by atoms with Crippen molar-refractivity contribution in [2.45, 2.75) is 19.4 Å². The van der Waals surface area contributed by atoms with E-state index in [0.717, 1.165) is 35.1 Å². The molecular formula is C16H14O3. The highest BCUT2D eigenvalue weighted by Gasteiger charge is 2.23. The Balaban J connectivity index is 2.17.